The third-order valence-corrected chi connectivity index (χ3v) is 4.29. The SMILES string of the molecule is CC(C)(C)OC(=O)N1CCC(Oc2cccc(-c3cccc(C=O)c3)c2)C1. The number of ether oxygens (including phenoxy) is 2. The zero-order chi connectivity index (χ0) is 19.4. The van der Waals surface area contributed by atoms with Crippen molar-refractivity contribution >= 4 is 12.4 Å². The number of nitrogens with zero attached hydrogens (tertiary/aromatic N) is 1. The first kappa shape index (κ1) is 19.0. The molecule has 0 spiro atoms. The molecule has 1 unspecified atom stereocenters. The van der Waals surface area contributed by atoms with Crippen molar-refractivity contribution in [3.05, 3.63) is 54.1 Å². The van der Waals surface area contributed by atoms with Crippen molar-refractivity contribution in [2.75, 3.05) is 13.1 Å². The van der Waals surface area contributed by atoms with E-state index in [0.29, 0.717) is 18.7 Å². The van der Waals surface area contributed by atoms with Crippen LogP contribution < -0.4 is 4.74 Å². The van der Waals surface area contributed by atoms with Crippen LogP contribution in [0, 0.1) is 0 Å². The summed E-state index contributed by atoms with van der Waals surface area (Å²) in [4.78, 5) is 24.9. The zero-order valence-corrected chi connectivity index (χ0v) is 16.0. The quantitative estimate of drug-likeness (QED) is 0.744. The number of benzene rings is 2. The maximum Gasteiger partial charge on any atom is 0.410 e. The molecule has 27 heavy (non-hydrogen) atoms. The Labute approximate surface area is 159 Å². The molecule has 2 aromatic rings. The number of hydrogen-bond donors (Lipinski definition) is 0. The summed E-state index contributed by atoms with van der Waals surface area (Å²) in [7, 11) is 0. The summed E-state index contributed by atoms with van der Waals surface area (Å²) in [5, 5.41) is 0. The van der Waals surface area contributed by atoms with E-state index in [4.69, 9.17) is 9.47 Å². The van der Waals surface area contributed by atoms with Crippen LogP contribution in [0.2, 0.25) is 0 Å². The normalized spacial score (nSPS) is 16.9. The van der Waals surface area contributed by atoms with Crippen molar-refractivity contribution < 1.29 is 19.1 Å². The standard InChI is InChI=1S/C22H25NO4/c1-22(2,3)27-21(25)23-11-10-20(14-23)26-19-9-5-8-18(13-19)17-7-4-6-16(12-17)15-24/h4-9,12-13,15,20H,10-11,14H2,1-3H3. The average Bonchev–Trinajstić information content (AvgIpc) is 3.09. The van der Waals surface area contributed by atoms with Crippen LogP contribution in [-0.4, -0.2) is 42.1 Å². The van der Waals surface area contributed by atoms with Crippen LogP contribution in [0.4, 0.5) is 4.79 Å². The molecule has 1 aliphatic rings. The molecule has 1 heterocycles. The maximum absolute atomic E-state index is 12.2. The van der Waals surface area contributed by atoms with E-state index in [0.717, 1.165) is 29.6 Å². The van der Waals surface area contributed by atoms with Crippen LogP contribution in [0.25, 0.3) is 11.1 Å². The minimum atomic E-state index is -0.500. The van der Waals surface area contributed by atoms with Gasteiger partial charge in [0.1, 0.15) is 23.7 Å². The van der Waals surface area contributed by atoms with Crippen molar-refractivity contribution in [1.29, 1.82) is 0 Å². The zero-order valence-electron chi connectivity index (χ0n) is 16.0. The molecule has 1 saturated heterocycles. The van der Waals surface area contributed by atoms with E-state index in [1.165, 1.54) is 0 Å². The highest BCUT2D eigenvalue weighted by Gasteiger charge is 2.30. The van der Waals surface area contributed by atoms with Crippen LogP contribution in [0.15, 0.2) is 48.5 Å². The molecular formula is C22H25NO4. The van der Waals surface area contributed by atoms with E-state index < -0.39 is 5.60 Å². The first-order valence-electron chi connectivity index (χ1n) is 9.14. The molecule has 0 radical (unpaired) electrons. The van der Waals surface area contributed by atoms with E-state index in [2.05, 4.69) is 0 Å². The second kappa shape index (κ2) is 7.82. The van der Waals surface area contributed by atoms with Gasteiger partial charge in [-0.25, -0.2) is 4.79 Å². The van der Waals surface area contributed by atoms with Gasteiger partial charge in [-0.3, -0.25) is 4.79 Å². The first-order valence-corrected chi connectivity index (χ1v) is 9.14. The fourth-order valence-electron chi connectivity index (χ4n) is 3.05. The van der Waals surface area contributed by atoms with E-state index in [1.807, 2.05) is 63.2 Å². The molecule has 5 nitrogen and oxygen atoms in total. The molecule has 0 N–H and O–H groups in total. The molecule has 0 bridgehead atoms. The fourth-order valence-corrected chi connectivity index (χ4v) is 3.05. The average molecular weight is 367 g/mol. The number of hydrogen-bond acceptors (Lipinski definition) is 4. The highest BCUT2D eigenvalue weighted by molar-refractivity contribution is 5.79. The minimum absolute atomic E-state index is 0.0610. The summed E-state index contributed by atoms with van der Waals surface area (Å²) < 4.78 is 11.5. The molecule has 3 rings (SSSR count). The number of amides is 1. The largest absolute Gasteiger partial charge is 0.488 e. The van der Waals surface area contributed by atoms with Gasteiger partial charge in [0, 0.05) is 18.5 Å². The molecule has 1 fully saturated rings. The third-order valence-electron chi connectivity index (χ3n) is 4.29. The Balaban J connectivity index is 1.65. The van der Waals surface area contributed by atoms with Gasteiger partial charge in [-0.2, -0.15) is 0 Å². The Morgan fingerprint density at radius 2 is 1.81 bits per heavy atom. The smallest absolute Gasteiger partial charge is 0.410 e. The highest BCUT2D eigenvalue weighted by Crippen LogP contribution is 2.26. The lowest BCUT2D eigenvalue weighted by Crippen LogP contribution is -2.36. The Bertz CT molecular complexity index is 825. The van der Waals surface area contributed by atoms with Gasteiger partial charge in [-0.05, 0) is 50.1 Å². The number of aldehydes is 1. The molecule has 142 valence electrons. The lowest BCUT2D eigenvalue weighted by molar-refractivity contribution is 0.0275. The molecule has 0 saturated carbocycles. The Morgan fingerprint density at radius 1 is 1.11 bits per heavy atom. The molecule has 5 heteroatoms. The Hall–Kier alpha value is -2.82. The number of carbonyl (C=O) groups excluding carboxylic acids is 2. The third kappa shape index (κ3) is 5.09. The summed E-state index contributed by atoms with van der Waals surface area (Å²) in [5.41, 5.74) is 2.09. The van der Waals surface area contributed by atoms with E-state index >= 15 is 0 Å². The van der Waals surface area contributed by atoms with Crippen LogP contribution in [-0.2, 0) is 4.74 Å². The topological polar surface area (TPSA) is 55.8 Å². The van der Waals surface area contributed by atoms with Crippen LogP contribution in [0.5, 0.6) is 5.75 Å². The van der Waals surface area contributed by atoms with E-state index in [-0.39, 0.29) is 12.2 Å². The summed E-state index contributed by atoms with van der Waals surface area (Å²) in [6.45, 7) is 6.72. The van der Waals surface area contributed by atoms with Gasteiger partial charge in [-0.15, -0.1) is 0 Å². The molecule has 0 aliphatic carbocycles. The fraction of sp³-hybridized carbons (Fsp3) is 0.364. The molecule has 1 atom stereocenters. The first-order chi connectivity index (χ1) is 12.8. The number of likely N-dealkylation sites (tertiary alicyclic amines) is 1. The van der Waals surface area contributed by atoms with Crippen LogP contribution >= 0.6 is 0 Å². The van der Waals surface area contributed by atoms with Gasteiger partial charge >= 0.3 is 6.09 Å². The lowest BCUT2D eigenvalue weighted by Gasteiger charge is -2.24. The van der Waals surface area contributed by atoms with Crippen LogP contribution in [0.1, 0.15) is 37.6 Å². The molecular weight excluding hydrogens is 342 g/mol. The van der Waals surface area contributed by atoms with Gasteiger partial charge < -0.3 is 14.4 Å². The van der Waals surface area contributed by atoms with Crippen molar-refractivity contribution in [3.8, 4) is 16.9 Å². The van der Waals surface area contributed by atoms with Crippen molar-refractivity contribution in [1.82, 2.24) is 4.90 Å². The van der Waals surface area contributed by atoms with Crippen LogP contribution in [0.3, 0.4) is 0 Å². The van der Waals surface area contributed by atoms with Gasteiger partial charge in [0.05, 0.1) is 6.54 Å². The van der Waals surface area contributed by atoms with Crippen molar-refractivity contribution in [2.24, 2.45) is 0 Å². The molecule has 0 aromatic heterocycles. The Kier molecular flexibility index (Phi) is 5.49. The van der Waals surface area contributed by atoms with E-state index in [9.17, 15) is 9.59 Å². The number of rotatable bonds is 4. The van der Waals surface area contributed by atoms with E-state index in [1.54, 1.807) is 11.0 Å². The van der Waals surface area contributed by atoms with Gasteiger partial charge in [0.25, 0.3) is 0 Å². The second-order valence-electron chi connectivity index (χ2n) is 7.73. The van der Waals surface area contributed by atoms with Crippen molar-refractivity contribution in [3.63, 3.8) is 0 Å². The maximum atomic E-state index is 12.2. The van der Waals surface area contributed by atoms with Gasteiger partial charge in [0.2, 0.25) is 0 Å². The monoisotopic (exact) mass is 367 g/mol. The van der Waals surface area contributed by atoms with Crippen molar-refractivity contribution in [2.45, 2.75) is 38.9 Å². The van der Waals surface area contributed by atoms with Gasteiger partial charge in [-0.1, -0.05) is 30.3 Å². The number of carbonyl (C=O) groups is 2. The predicted octanol–water partition coefficient (Wildman–Crippen LogP) is 4.55. The molecule has 2 aromatic carbocycles. The highest BCUT2D eigenvalue weighted by atomic mass is 16.6. The summed E-state index contributed by atoms with van der Waals surface area (Å²) in [5.74, 6) is 0.750. The minimum Gasteiger partial charge on any atom is -0.488 e. The second-order valence-corrected chi connectivity index (χ2v) is 7.73. The molecule has 1 aliphatic heterocycles. The summed E-state index contributed by atoms with van der Waals surface area (Å²) >= 11 is 0. The summed E-state index contributed by atoms with van der Waals surface area (Å²) in [6, 6.07) is 15.2. The predicted molar refractivity (Wildman–Crippen MR) is 104 cm³/mol. The molecule has 1 amide bonds. The lowest BCUT2D eigenvalue weighted by atomic mass is 10.0. The Morgan fingerprint density at radius 3 is 2.52 bits per heavy atom. The van der Waals surface area contributed by atoms with Gasteiger partial charge in [0.15, 0.2) is 0 Å². The summed E-state index contributed by atoms with van der Waals surface area (Å²) in [6.07, 6.45) is 1.25.